The third-order valence-electron chi connectivity index (χ3n) is 3.57. The maximum atomic E-state index is 11.8. The van der Waals surface area contributed by atoms with Gasteiger partial charge in [0.25, 0.3) is 0 Å². The van der Waals surface area contributed by atoms with Crippen molar-refractivity contribution >= 4 is 11.9 Å². The summed E-state index contributed by atoms with van der Waals surface area (Å²) >= 11 is 0. The largest absolute Gasteiger partial charge is 0.373 e. The molecule has 0 bridgehead atoms. The Morgan fingerprint density at radius 2 is 1.04 bits per heavy atom. The first-order valence-corrected chi connectivity index (χ1v) is 8.41. The molecule has 0 saturated carbocycles. The topological polar surface area (TPSA) is 71.1 Å². The first kappa shape index (κ1) is 19.6. The van der Waals surface area contributed by atoms with E-state index in [9.17, 15) is 9.59 Å². The average Bonchev–Trinajstić information content (AvgIpc) is 2.69. The molecule has 138 valence electrons. The Morgan fingerprint density at radius 3 is 1.38 bits per heavy atom. The van der Waals surface area contributed by atoms with Crippen LogP contribution in [0.1, 0.15) is 47.4 Å². The average molecular weight is 358 g/mol. The van der Waals surface area contributed by atoms with Crippen molar-refractivity contribution in [1.82, 2.24) is 0 Å². The molecule has 26 heavy (non-hydrogen) atoms. The van der Waals surface area contributed by atoms with Crippen LogP contribution in [0.3, 0.4) is 0 Å². The Hall–Kier alpha value is -2.70. The minimum absolute atomic E-state index is 0.321. The summed E-state index contributed by atoms with van der Waals surface area (Å²) in [6, 6.07) is 17.2. The van der Waals surface area contributed by atoms with Crippen molar-refractivity contribution in [1.29, 1.82) is 0 Å². The van der Waals surface area contributed by atoms with Crippen LogP contribution >= 0.6 is 0 Å². The highest BCUT2D eigenvalue weighted by molar-refractivity contribution is 5.89. The van der Waals surface area contributed by atoms with Crippen LogP contribution in [0.4, 0.5) is 0 Å². The van der Waals surface area contributed by atoms with Gasteiger partial charge in [0.2, 0.25) is 0 Å². The Kier molecular flexibility index (Phi) is 7.79. The first-order chi connectivity index (χ1) is 12.6. The molecule has 0 amide bonds. The number of carbonyl (C=O) groups is 2. The van der Waals surface area contributed by atoms with Crippen LogP contribution < -0.4 is 0 Å². The van der Waals surface area contributed by atoms with Crippen LogP contribution in [0, 0.1) is 0 Å². The van der Waals surface area contributed by atoms with Crippen LogP contribution in [0.2, 0.25) is 0 Å². The van der Waals surface area contributed by atoms with Crippen LogP contribution in [-0.2, 0) is 19.6 Å². The predicted molar refractivity (Wildman–Crippen MR) is 94.0 cm³/mol. The number of benzene rings is 2. The molecule has 0 aromatic heterocycles. The molecule has 0 aliphatic heterocycles. The number of carbonyl (C=O) groups excluding carboxylic acids is 2. The fraction of sp³-hybridized carbons (Fsp3) is 0.300. The van der Waals surface area contributed by atoms with E-state index in [1.807, 2.05) is 12.1 Å². The molecule has 6 nitrogen and oxygen atoms in total. The zero-order chi connectivity index (χ0) is 18.8. The quantitative estimate of drug-likeness (QED) is 0.496. The summed E-state index contributed by atoms with van der Waals surface area (Å²) in [5.74, 6) is -1.09. The molecule has 2 rings (SSSR count). The maximum absolute atomic E-state index is 11.8. The normalized spacial score (nSPS) is 12.8. The molecule has 6 heteroatoms. The molecule has 2 atom stereocenters. The van der Waals surface area contributed by atoms with Crippen LogP contribution in [-0.4, -0.2) is 24.1 Å². The highest BCUT2D eigenvalue weighted by Crippen LogP contribution is 2.11. The summed E-state index contributed by atoms with van der Waals surface area (Å²) in [7, 11) is 0. The van der Waals surface area contributed by atoms with Gasteiger partial charge in [0.15, 0.2) is 0 Å². The third-order valence-corrected chi connectivity index (χ3v) is 3.57. The molecule has 0 spiro atoms. The van der Waals surface area contributed by atoms with Crippen molar-refractivity contribution in [2.45, 2.75) is 38.9 Å². The number of rotatable bonds is 9. The summed E-state index contributed by atoms with van der Waals surface area (Å²) in [6.07, 6.45) is 0.482. The molecule has 0 heterocycles. The highest BCUT2D eigenvalue weighted by Gasteiger charge is 2.15. The molecule has 0 fully saturated rings. The lowest BCUT2D eigenvalue weighted by atomic mass is 10.1. The van der Waals surface area contributed by atoms with Gasteiger partial charge in [0, 0.05) is 0 Å². The Balaban J connectivity index is 1.63. The molecular formula is C20H22O6. The smallest absolute Gasteiger partial charge is 0.293 e. The van der Waals surface area contributed by atoms with Gasteiger partial charge in [0.05, 0.1) is 11.1 Å². The van der Waals surface area contributed by atoms with Gasteiger partial charge in [-0.25, -0.2) is 9.59 Å². The third kappa shape index (κ3) is 6.66. The van der Waals surface area contributed by atoms with E-state index in [-0.39, 0.29) is 12.2 Å². The van der Waals surface area contributed by atoms with Gasteiger partial charge in [-0.05, 0) is 51.0 Å². The second-order valence-electron chi connectivity index (χ2n) is 5.86. The highest BCUT2D eigenvalue weighted by atomic mass is 17.2. The fourth-order valence-corrected chi connectivity index (χ4v) is 2.06. The monoisotopic (exact) mass is 358 g/mol. The zero-order valence-electron chi connectivity index (χ0n) is 14.8. The number of hydrogen-bond donors (Lipinski definition) is 0. The minimum Gasteiger partial charge on any atom is -0.293 e. The lowest BCUT2D eigenvalue weighted by molar-refractivity contribution is -0.284. The van der Waals surface area contributed by atoms with Gasteiger partial charge < -0.3 is 0 Å². The van der Waals surface area contributed by atoms with Gasteiger partial charge in [-0.2, -0.15) is 9.78 Å². The lowest BCUT2D eigenvalue weighted by Crippen LogP contribution is -2.18. The lowest BCUT2D eigenvalue weighted by Gasteiger charge is -2.14. The standard InChI is InChI=1S/C20H22O6/c1-15(23-25-19(21)17-9-5-3-6-10-17)13-14-16(2)24-26-20(22)18-11-7-4-8-12-18/h3-12,15-16H,13-14H2,1-2H3. The first-order valence-electron chi connectivity index (χ1n) is 8.41. The summed E-state index contributed by atoms with van der Waals surface area (Å²) in [5, 5.41) is 0. The molecule has 2 aromatic rings. The van der Waals surface area contributed by atoms with Crippen molar-refractivity contribution in [3.8, 4) is 0 Å². The van der Waals surface area contributed by atoms with Crippen molar-refractivity contribution < 1.29 is 29.1 Å². The van der Waals surface area contributed by atoms with Gasteiger partial charge in [-0.15, -0.1) is 0 Å². The van der Waals surface area contributed by atoms with E-state index in [1.54, 1.807) is 62.4 Å². The summed E-state index contributed by atoms with van der Waals surface area (Å²) in [4.78, 5) is 43.3. The molecule has 0 radical (unpaired) electrons. The van der Waals surface area contributed by atoms with E-state index in [2.05, 4.69) is 0 Å². The summed E-state index contributed by atoms with van der Waals surface area (Å²) in [6.45, 7) is 3.56. The fourth-order valence-electron chi connectivity index (χ4n) is 2.06. The second kappa shape index (κ2) is 10.3. The molecule has 0 aliphatic rings. The van der Waals surface area contributed by atoms with Gasteiger partial charge in [0.1, 0.15) is 12.2 Å². The van der Waals surface area contributed by atoms with E-state index in [0.29, 0.717) is 24.0 Å². The van der Waals surface area contributed by atoms with E-state index in [4.69, 9.17) is 19.6 Å². The van der Waals surface area contributed by atoms with Crippen LogP contribution in [0.15, 0.2) is 60.7 Å². The van der Waals surface area contributed by atoms with E-state index < -0.39 is 11.9 Å². The van der Waals surface area contributed by atoms with Gasteiger partial charge in [-0.1, -0.05) is 36.4 Å². The van der Waals surface area contributed by atoms with Crippen molar-refractivity contribution in [2.24, 2.45) is 0 Å². The molecule has 0 aliphatic carbocycles. The van der Waals surface area contributed by atoms with Crippen LogP contribution in [0.5, 0.6) is 0 Å². The molecule has 0 N–H and O–H groups in total. The van der Waals surface area contributed by atoms with E-state index >= 15 is 0 Å². The predicted octanol–water partition coefficient (Wildman–Crippen LogP) is 4.12. The molecular weight excluding hydrogens is 336 g/mol. The zero-order valence-corrected chi connectivity index (χ0v) is 14.8. The van der Waals surface area contributed by atoms with E-state index in [1.165, 1.54) is 0 Å². The molecule has 0 saturated heterocycles. The van der Waals surface area contributed by atoms with Crippen molar-refractivity contribution in [3.63, 3.8) is 0 Å². The Bertz CT molecular complexity index is 624. The number of hydrogen-bond acceptors (Lipinski definition) is 6. The SMILES string of the molecule is CC(CCC(C)OOC(=O)c1ccccc1)OOC(=O)c1ccccc1. The maximum Gasteiger partial charge on any atom is 0.373 e. The van der Waals surface area contributed by atoms with E-state index in [0.717, 1.165) is 0 Å². The molecule has 2 unspecified atom stereocenters. The molecule has 2 aromatic carbocycles. The van der Waals surface area contributed by atoms with Gasteiger partial charge >= 0.3 is 11.9 Å². The minimum atomic E-state index is -0.543. The Labute approximate surface area is 152 Å². The van der Waals surface area contributed by atoms with Crippen molar-refractivity contribution in [3.05, 3.63) is 71.8 Å². The second-order valence-corrected chi connectivity index (χ2v) is 5.86. The van der Waals surface area contributed by atoms with Crippen LogP contribution in [0.25, 0.3) is 0 Å². The Morgan fingerprint density at radius 1 is 0.692 bits per heavy atom. The summed E-state index contributed by atoms with van der Waals surface area (Å²) < 4.78 is 0. The van der Waals surface area contributed by atoms with Crippen molar-refractivity contribution in [2.75, 3.05) is 0 Å². The van der Waals surface area contributed by atoms with Gasteiger partial charge in [-0.3, -0.25) is 9.78 Å². The summed E-state index contributed by atoms with van der Waals surface area (Å²) in [5.41, 5.74) is 0.841.